The van der Waals surface area contributed by atoms with Gasteiger partial charge in [-0.1, -0.05) is 215 Å². The molecule has 0 atom stereocenters. The van der Waals surface area contributed by atoms with Gasteiger partial charge in [0.1, 0.15) is 0 Å². The van der Waals surface area contributed by atoms with Gasteiger partial charge in [-0.25, -0.2) is 0 Å². The van der Waals surface area contributed by atoms with Crippen LogP contribution in [0.3, 0.4) is 0 Å². The molecular formula is C59H103N3O2. The third-order valence-corrected chi connectivity index (χ3v) is 15.7. The number of hydrogen-bond donors (Lipinski definition) is 1. The molecule has 3 saturated carbocycles. The van der Waals surface area contributed by atoms with Crippen molar-refractivity contribution in [3.8, 4) is 0 Å². The number of aliphatic carboxylic acids is 1. The fourth-order valence-corrected chi connectivity index (χ4v) is 11.7. The molecule has 3 aliphatic rings. The van der Waals surface area contributed by atoms with E-state index in [-0.39, 0.29) is 6.42 Å². The van der Waals surface area contributed by atoms with Crippen molar-refractivity contribution in [1.82, 2.24) is 14.7 Å². The molecule has 0 aromatic heterocycles. The van der Waals surface area contributed by atoms with Crippen molar-refractivity contribution in [3.05, 3.63) is 60.2 Å². The van der Waals surface area contributed by atoms with Crippen LogP contribution in [0.2, 0.25) is 0 Å². The van der Waals surface area contributed by atoms with Crippen LogP contribution in [0.15, 0.2) is 54.6 Å². The molecule has 5 heteroatoms. The van der Waals surface area contributed by atoms with E-state index < -0.39 is 5.97 Å². The van der Waals surface area contributed by atoms with E-state index in [1.54, 1.807) is 0 Å². The standard InChI is InChI=1S/C59H103N3O2/c63-59(64)45-54-62(52-31-50-60(48-29-43-57-37-23-15-7-8-16-24-38-57)46-27-41-55-33-19-11-3-1-4-12-20-34-55)53-32-51-61(49-30-44-58-39-25-17-9-10-18-26-40-58)47-28-42-56-35-21-13-5-2-6-14-22-36-56/h1,3-4,11-12,19-20,33-34,56-58H,2,5-10,13-18,21-32,35-54H2,(H,63,64). The zero-order valence-electron chi connectivity index (χ0n) is 41.9. The highest BCUT2D eigenvalue weighted by molar-refractivity contribution is 5.66. The quantitative estimate of drug-likeness (QED) is 0.0954. The van der Waals surface area contributed by atoms with Gasteiger partial charge in [-0.3, -0.25) is 4.79 Å². The summed E-state index contributed by atoms with van der Waals surface area (Å²) in [6.45, 7) is 9.83. The number of nitrogens with zero attached hydrogens (tertiary/aromatic N) is 3. The highest BCUT2D eigenvalue weighted by Gasteiger charge is 2.17. The van der Waals surface area contributed by atoms with Crippen molar-refractivity contribution in [2.24, 2.45) is 17.8 Å². The fourth-order valence-electron chi connectivity index (χ4n) is 11.7. The predicted molar refractivity (Wildman–Crippen MR) is 277 cm³/mol. The Labute approximate surface area is 397 Å². The summed E-state index contributed by atoms with van der Waals surface area (Å²) in [5, 5.41) is 9.77. The molecule has 0 unspecified atom stereocenters. The van der Waals surface area contributed by atoms with Crippen LogP contribution in [-0.2, 0) is 11.2 Å². The fraction of sp³-hybridized carbons (Fsp3) is 0.814. The van der Waals surface area contributed by atoms with Crippen LogP contribution >= 0.6 is 0 Å². The molecule has 64 heavy (non-hydrogen) atoms. The van der Waals surface area contributed by atoms with E-state index in [0.717, 1.165) is 69.7 Å². The van der Waals surface area contributed by atoms with Gasteiger partial charge in [0, 0.05) is 6.54 Å². The van der Waals surface area contributed by atoms with E-state index in [9.17, 15) is 9.90 Å². The molecule has 0 amide bonds. The molecule has 366 valence electrons. The van der Waals surface area contributed by atoms with Crippen LogP contribution in [0.1, 0.15) is 230 Å². The lowest BCUT2D eigenvalue weighted by atomic mass is 9.89. The first kappa shape index (κ1) is 54.7. The SMILES string of the molecule is O=C(O)CCN(CCCN(CCCc1ccccccccc1)CCCC1CCCCCCCC1)CCCN(CCCC1CCCCCCCCC1)CCCC1CCCCCCCC1. The second-order valence-corrected chi connectivity index (χ2v) is 21.2. The molecule has 0 heterocycles. The predicted octanol–water partition coefficient (Wildman–Crippen LogP) is 15.9. The van der Waals surface area contributed by atoms with E-state index in [2.05, 4.69) is 69.3 Å². The molecule has 0 radical (unpaired) electrons. The Kier molecular flexibility index (Phi) is 32.5. The van der Waals surface area contributed by atoms with Crippen molar-refractivity contribution in [3.63, 3.8) is 0 Å². The van der Waals surface area contributed by atoms with Crippen LogP contribution in [0, 0.1) is 17.8 Å². The highest BCUT2D eigenvalue weighted by Crippen LogP contribution is 2.28. The van der Waals surface area contributed by atoms with Gasteiger partial charge in [-0.05, 0) is 140 Å². The molecule has 0 saturated heterocycles. The average Bonchev–Trinajstić information content (AvgIpc) is 3.53. The van der Waals surface area contributed by atoms with Gasteiger partial charge in [0.05, 0.1) is 6.42 Å². The Bertz CT molecular complexity index is 1250. The normalized spacial score (nSPS) is 18.7. The summed E-state index contributed by atoms with van der Waals surface area (Å²) in [6, 6.07) is 19.5. The van der Waals surface area contributed by atoms with Crippen LogP contribution in [0.4, 0.5) is 0 Å². The second-order valence-electron chi connectivity index (χ2n) is 21.2. The second kappa shape index (κ2) is 38.1. The summed E-state index contributed by atoms with van der Waals surface area (Å²) in [5.74, 6) is 2.14. The van der Waals surface area contributed by atoms with E-state index in [4.69, 9.17) is 0 Å². The van der Waals surface area contributed by atoms with E-state index >= 15 is 0 Å². The lowest BCUT2D eigenvalue weighted by Crippen LogP contribution is -2.35. The molecule has 3 aliphatic carbocycles. The minimum Gasteiger partial charge on any atom is -0.481 e. The summed E-state index contributed by atoms with van der Waals surface area (Å²) in [4.78, 5) is 20.0. The topological polar surface area (TPSA) is 47.0 Å². The smallest absolute Gasteiger partial charge is 0.304 e. The first-order chi connectivity index (χ1) is 31.6. The van der Waals surface area contributed by atoms with Crippen LogP contribution in [0.25, 0.3) is 0 Å². The van der Waals surface area contributed by atoms with Crippen molar-refractivity contribution in [1.29, 1.82) is 0 Å². The number of aryl methyl sites for hydroxylation is 1. The van der Waals surface area contributed by atoms with Crippen LogP contribution < -0.4 is 0 Å². The molecule has 0 aliphatic heterocycles. The van der Waals surface area contributed by atoms with Gasteiger partial charge < -0.3 is 19.8 Å². The molecule has 1 aromatic carbocycles. The molecule has 1 N–H and O–H groups in total. The van der Waals surface area contributed by atoms with Gasteiger partial charge in [0.15, 0.2) is 0 Å². The van der Waals surface area contributed by atoms with Gasteiger partial charge in [0.2, 0.25) is 0 Å². The molecular weight excluding hydrogens is 783 g/mol. The molecule has 0 spiro atoms. The zero-order valence-corrected chi connectivity index (χ0v) is 41.9. The highest BCUT2D eigenvalue weighted by atomic mass is 16.4. The number of carbonyl (C=O) groups is 1. The molecule has 4 rings (SSSR count). The Morgan fingerprint density at radius 3 is 1.00 bits per heavy atom. The summed E-state index contributed by atoms with van der Waals surface area (Å²) in [6.07, 6.45) is 49.2. The molecule has 0 bridgehead atoms. The van der Waals surface area contributed by atoms with Crippen molar-refractivity contribution in [2.75, 3.05) is 58.9 Å². The summed E-state index contributed by atoms with van der Waals surface area (Å²) in [7, 11) is 0. The molecule has 3 fully saturated rings. The maximum Gasteiger partial charge on any atom is 0.304 e. The molecule has 5 nitrogen and oxygen atoms in total. The lowest BCUT2D eigenvalue weighted by Gasteiger charge is -2.28. The van der Waals surface area contributed by atoms with Crippen LogP contribution in [-0.4, -0.2) is 84.7 Å². The Morgan fingerprint density at radius 1 is 0.375 bits per heavy atom. The third kappa shape index (κ3) is 28.9. The van der Waals surface area contributed by atoms with E-state index in [1.165, 1.54) is 231 Å². The number of carboxylic acids is 1. The van der Waals surface area contributed by atoms with E-state index in [0.29, 0.717) is 6.54 Å². The maximum absolute atomic E-state index is 11.9. The van der Waals surface area contributed by atoms with Gasteiger partial charge in [-0.2, -0.15) is 0 Å². The van der Waals surface area contributed by atoms with E-state index in [1.807, 2.05) is 0 Å². The van der Waals surface area contributed by atoms with Gasteiger partial charge >= 0.3 is 5.97 Å². The Hall–Kier alpha value is -1.95. The van der Waals surface area contributed by atoms with Crippen molar-refractivity contribution in [2.45, 2.75) is 231 Å². The van der Waals surface area contributed by atoms with Crippen molar-refractivity contribution >= 4 is 5.97 Å². The monoisotopic (exact) mass is 886 g/mol. The van der Waals surface area contributed by atoms with Gasteiger partial charge in [0.25, 0.3) is 0 Å². The van der Waals surface area contributed by atoms with Crippen LogP contribution in [0.5, 0.6) is 0 Å². The zero-order chi connectivity index (χ0) is 44.8. The lowest BCUT2D eigenvalue weighted by molar-refractivity contribution is -0.137. The van der Waals surface area contributed by atoms with Gasteiger partial charge in [-0.15, -0.1) is 0 Å². The summed E-state index contributed by atoms with van der Waals surface area (Å²) < 4.78 is 0. The van der Waals surface area contributed by atoms with Crippen molar-refractivity contribution < 1.29 is 9.90 Å². The largest absolute Gasteiger partial charge is 0.481 e. The number of carboxylic acid groups (broad SMARTS) is 1. The first-order valence-corrected chi connectivity index (χ1v) is 28.4. The Balaban J connectivity index is 1.31. The average molecular weight is 886 g/mol. The number of rotatable bonds is 27. The third-order valence-electron chi connectivity index (χ3n) is 15.7. The Morgan fingerprint density at radius 2 is 0.656 bits per heavy atom. The summed E-state index contributed by atoms with van der Waals surface area (Å²) in [5.41, 5.74) is 1.40. The summed E-state index contributed by atoms with van der Waals surface area (Å²) >= 11 is 0. The molecule has 1 aromatic rings. The first-order valence-electron chi connectivity index (χ1n) is 28.4. The minimum atomic E-state index is -0.658. The maximum atomic E-state index is 11.9. The minimum absolute atomic E-state index is 0.250. The number of hydrogen-bond acceptors (Lipinski definition) is 4.